The van der Waals surface area contributed by atoms with Crippen LogP contribution in [-0.2, 0) is 11.2 Å². The number of carbonyl (C=O) groups is 1. The van der Waals surface area contributed by atoms with Gasteiger partial charge >= 0.3 is 0 Å². The molecule has 1 fully saturated rings. The number of carbonyl (C=O) groups excluding carboxylic acids is 1. The number of hydrogen-bond donors (Lipinski definition) is 0. The molecule has 0 bridgehead atoms. The molecule has 1 aromatic carbocycles. The summed E-state index contributed by atoms with van der Waals surface area (Å²) in [7, 11) is 0. The normalized spacial score (nSPS) is 19.9. The van der Waals surface area contributed by atoms with Gasteiger partial charge in [-0.3, -0.25) is 4.79 Å². The predicted octanol–water partition coefficient (Wildman–Crippen LogP) is 3.19. The van der Waals surface area contributed by atoms with Gasteiger partial charge in [-0.05, 0) is 37.7 Å². The van der Waals surface area contributed by atoms with Gasteiger partial charge in [-0.25, -0.2) is 0 Å². The molecule has 1 aliphatic rings. The molecule has 0 unspecified atom stereocenters. The molecule has 0 aromatic heterocycles. The molecule has 2 nitrogen and oxygen atoms in total. The number of likely N-dealkylation sites (tertiary alicyclic amines) is 1. The van der Waals surface area contributed by atoms with E-state index in [0.29, 0.717) is 18.2 Å². The van der Waals surface area contributed by atoms with E-state index in [1.165, 1.54) is 17.5 Å². The fourth-order valence-corrected chi connectivity index (χ4v) is 2.58. The SMILES string of the molecule is Cc1ccc(CCC(=O)N2CCC[C@@H](C)C2)cc1. The van der Waals surface area contributed by atoms with Crippen molar-refractivity contribution in [3.8, 4) is 0 Å². The van der Waals surface area contributed by atoms with Crippen molar-refractivity contribution in [2.75, 3.05) is 13.1 Å². The minimum absolute atomic E-state index is 0.321. The van der Waals surface area contributed by atoms with Gasteiger partial charge in [0.1, 0.15) is 0 Å². The van der Waals surface area contributed by atoms with E-state index in [4.69, 9.17) is 0 Å². The van der Waals surface area contributed by atoms with Crippen LogP contribution < -0.4 is 0 Å². The van der Waals surface area contributed by atoms with Gasteiger partial charge in [0.2, 0.25) is 5.91 Å². The Morgan fingerprint density at radius 3 is 2.72 bits per heavy atom. The lowest BCUT2D eigenvalue weighted by atomic mass is 9.99. The summed E-state index contributed by atoms with van der Waals surface area (Å²) in [5.74, 6) is 0.990. The zero-order valence-corrected chi connectivity index (χ0v) is 11.5. The maximum absolute atomic E-state index is 12.1. The highest BCUT2D eigenvalue weighted by Gasteiger charge is 2.20. The molecule has 2 heteroatoms. The molecule has 1 heterocycles. The lowest BCUT2D eigenvalue weighted by Crippen LogP contribution is -2.39. The molecule has 0 saturated carbocycles. The Bertz CT molecular complexity index is 396. The van der Waals surface area contributed by atoms with Gasteiger partial charge < -0.3 is 4.90 Å². The van der Waals surface area contributed by atoms with E-state index in [0.717, 1.165) is 25.9 Å². The zero-order valence-electron chi connectivity index (χ0n) is 11.5. The van der Waals surface area contributed by atoms with Crippen molar-refractivity contribution < 1.29 is 4.79 Å². The first-order chi connectivity index (χ1) is 8.65. The molecule has 1 amide bonds. The molecule has 0 radical (unpaired) electrons. The summed E-state index contributed by atoms with van der Waals surface area (Å²) >= 11 is 0. The molecule has 0 aliphatic carbocycles. The first-order valence-electron chi connectivity index (χ1n) is 6.98. The van der Waals surface area contributed by atoms with E-state index in [9.17, 15) is 4.79 Å². The van der Waals surface area contributed by atoms with E-state index in [1.54, 1.807) is 0 Å². The van der Waals surface area contributed by atoms with Crippen LogP contribution in [0.4, 0.5) is 0 Å². The first-order valence-corrected chi connectivity index (χ1v) is 6.98. The summed E-state index contributed by atoms with van der Waals surface area (Å²) in [6.07, 6.45) is 3.94. The Morgan fingerprint density at radius 2 is 2.06 bits per heavy atom. The van der Waals surface area contributed by atoms with Crippen LogP contribution in [0.5, 0.6) is 0 Å². The Kier molecular flexibility index (Phi) is 4.40. The van der Waals surface area contributed by atoms with Crippen LogP contribution in [0.1, 0.15) is 37.3 Å². The summed E-state index contributed by atoms with van der Waals surface area (Å²) in [5, 5.41) is 0. The topological polar surface area (TPSA) is 20.3 Å². The third-order valence-electron chi connectivity index (χ3n) is 3.76. The Morgan fingerprint density at radius 1 is 1.33 bits per heavy atom. The maximum atomic E-state index is 12.1. The van der Waals surface area contributed by atoms with Crippen molar-refractivity contribution in [3.05, 3.63) is 35.4 Å². The summed E-state index contributed by atoms with van der Waals surface area (Å²) < 4.78 is 0. The highest BCUT2D eigenvalue weighted by Crippen LogP contribution is 2.17. The Labute approximate surface area is 110 Å². The van der Waals surface area contributed by atoms with Crippen molar-refractivity contribution in [2.45, 2.75) is 39.5 Å². The van der Waals surface area contributed by atoms with Crippen molar-refractivity contribution >= 4 is 5.91 Å². The van der Waals surface area contributed by atoms with Crippen LogP contribution in [0.3, 0.4) is 0 Å². The van der Waals surface area contributed by atoms with Gasteiger partial charge in [-0.15, -0.1) is 0 Å². The highest BCUT2D eigenvalue weighted by atomic mass is 16.2. The predicted molar refractivity (Wildman–Crippen MR) is 74.5 cm³/mol. The minimum Gasteiger partial charge on any atom is -0.342 e. The van der Waals surface area contributed by atoms with Crippen molar-refractivity contribution in [3.63, 3.8) is 0 Å². The molecule has 1 aliphatic heterocycles. The van der Waals surface area contributed by atoms with Gasteiger partial charge in [0.25, 0.3) is 0 Å². The Hall–Kier alpha value is -1.31. The second kappa shape index (κ2) is 6.03. The lowest BCUT2D eigenvalue weighted by molar-refractivity contribution is -0.132. The molecule has 1 saturated heterocycles. The van der Waals surface area contributed by atoms with Gasteiger partial charge in [0, 0.05) is 19.5 Å². The number of amides is 1. The third kappa shape index (κ3) is 3.59. The molecule has 0 N–H and O–H groups in total. The molecule has 1 aromatic rings. The number of rotatable bonds is 3. The zero-order chi connectivity index (χ0) is 13.0. The average molecular weight is 245 g/mol. The van der Waals surface area contributed by atoms with Crippen LogP contribution in [0.15, 0.2) is 24.3 Å². The van der Waals surface area contributed by atoms with E-state index < -0.39 is 0 Å². The number of aryl methyl sites for hydroxylation is 2. The van der Waals surface area contributed by atoms with Crippen LogP contribution in [0, 0.1) is 12.8 Å². The quantitative estimate of drug-likeness (QED) is 0.801. The smallest absolute Gasteiger partial charge is 0.222 e. The van der Waals surface area contributed by atoms with Crippen LogP contribution in [0.25, 0.3) is 0 Å². The standard InChI is InChI=1S/C16H23NO/c1-13-5-7-15(8-6-13)9-10-16(18)17-11-3-4-14(2)12-17/h5-8,14H,3-4,9-12H2,1-2H3/t14-/m1/s1. The molecule has 98 valence electrons. The van der Waals surface area contributed by atoms with E-state index in [1.807, 2.05) is 4.90 Å². The maximum Gasteiger partial charge on any atom is 0.222 e. The van der Waals surface area contributed by atoms with Gasteiger partial charge in [0.05, 0.1) is 0 Å². The van der Waals surface area contributed by atoms with Gasteiger partial charge in [-0.2, -0.15) is 0 Å². The van der Waals surface area contributed by atoms with Gasteiger partial charge in [-0.1, -0.05) is 36.8 Å². The largest absolute Gasteiger partial charge is 0.342 e. The van der Waals surface area contributed by atoms with Crippen molar-refractivity contribution in [1.29, 1.82) is 0 Å². The average Bonchev–Trinajstić information content (AvgIpc) is 2.38. The summed E-state index contributed by atoms with van der Waals surface area (Å²) in [6, 6.07) is 8.48. The van der Waals surface area contributed by atoms with Gasteiger partial charge in [0.15, 0.2) is 0 Å². The summed E-state index contributed by atoms with van der Waals surface area (Å²) in [6.45, 7) is 6.23. The molecule has 18 heavy (non-hydrogen) atoms. The fraction of sp³-hybridized carbons (Fsp3) is 0.562. The molecule has 0 spiro atoms. The Balaban J connectivity index is 1.82. The molecule has 2 rings (SSSR count). The number of nitrogens with zero attached hydrogens (tertiary/aromatic N) is 1. The minimum atomic E-state index is 0.321. The van der Waals surface area contributed by atoms with E-state index in [-0.39, 0.29) is 0 Å². The summed E-state index contributed by atoms with van der Waals surface area (Å²) in [5.41, 5.74) is 2.54. The number of hydrogen-bond acceptors (Lipinski definition) is 1. The molecular formula is C16H23NO. The summed E-state index contributed by atoms with van der Waals surface area (Å²) in [4.78, 5) is 14.2. The van der Waals surface area contributed by atoms with Crippen LogP contribution >= 0.6 is 0 Å². The molecule has 1 atom stereocenters. The molecular weight excluding hydrogens is 222 g/mol. The third-order valence-corrected chi connectivity index (χ3v) is 3.76. The van der Waals surface area contributed by atoms with Crippen LogP contribution in [-0.4, -0.2) is 23.9 Å². The monoisotopic (exact) mass is 245 g/mol. The highest BCUT2D eigenvalue weighted by molar-refractivity contribution is 5.76. The second-order valence-corrected chi connectivity index (χ2v) is 5.57. The number of benzene rings is 1. The first kappa shape index (κ1) is 13.1. The lowest BCUT2D eigenvalue weighted by Gasteiger charge is -2.31. The van der Waals surface area contributed by atoms with Crippen molar-refractivity contribution in [2.24, 2.45) is 5.92 Å². The van der Waals surface area contributed by atoms with E-state index >= 15 is 0 Å². The second-order valence-electron chi connectivity index (χ2n) is 5.57. The van der Waals surface area contributed by atoms with Crippen molar-refractivity contribution in [1.82, 2.24) is 4.90 Å². The van der Waals surface area contributed by atoms with E-state index in [2.05, 4.69) is 38.1 Å². The number of piperidine rings is 1. The fourth-order valence-electron chi connectivity index (χ4n) is 2.58. The van der Waals surface area contributed by atoms with Crippen LogP contribution in [0.2, 0.25) is 0 Å².